The minimum absolute atomic E-state index is 0.215. The number of benzene rings is 2. The number of aromatic nitrogens is 1. The number of rotatable bonds is 3. The van der Waals surface area contributed by atoms with Crippen LogP contribution in [0, 0.1) is 13.8 Å². The normalized spacial score (nSPS) is 14.5. The van der Waals surface area contributed by atoms with Gasteiger partial charge in [0.25, 0.3) is 0 Å². The van der Waals surface area contributed by atoms with Gasteiger partial charge in [0.15, 0.2) is 11.5 Å². The van der Waals surface area contributed by atoms with Crippen molar-refractivity contribution >= 4 is 11.3 Å². The van der Waals surface area contributed by atoms with Crippen molar-refractivity contribution in [3.63, 3.8) is 0 Å². The quantitative estimate of drug-likeness (QED) is 0.740. The Bertz CT molecular complexity index is 936. The molecule has 2 aromatic carbocycles. The van der Waals surface area contributed by atoms with E-state index < -0.39 is 0 Å². The van der Waals surface area contributed by atoms with Crippen molar-refractivity contribution in [2.45, 2.75) is 26.9 Å². The average molecular weight is 366 g/mol. The molecule has 0 fully saturated rings. The number of hydrogen-bond donors (Lipinski definition) is 1. The standard InChI is InChI=1S/C21H22N2O2S/c1-14-5-3-4-6-19(14)16-9-17-11-23(12-18-13-26-15(2)22-18)7-8-25-21(17)20(24)10-16/h3-6,9-10,13,24H,7-8,11-12H2,1-2H3. The Morgan fingerprint density at radius 1 is 1.23 bits per heavy atom. The van der Waals surface area contributed by atoms with Crippen LogP contribution in [-0.4, -0.2) is 28.1 Å². The maximum Gasteiger partial charge on any atom is 0.165 e. The maximum atomic E-state index is 10.5. The Balaban J connectivity index is 1.66. The third kappa shape index (κ3) is 3.45. The van der Waals surface area contributed by atoms with Crippen LogP contribution >= 0.6 is 11.3 Å². The van der Waals surface area contributed by atoms with Crippen LogP contribution in [0.2, 0.25) is 0 Å². The molecule has 0 amide bonds. The van der Waals surface area contributed by atoms with Gasteiger partial charge >= 0.3 is 0 Å². The van der Waals surface area contributed by atoms with E-state index in [0.717, 1.165) is 47.0 Å². The summed E-state index contributed by atoms with van der Waals surface area (Å²) >= 11 is 1.68. The van der Waals surface area contributed by atoms with Crippen LogP contribution in [0.3, 0.4) is 0 Å². The first-order chi connectivity index (χ1) is 12.6. The number of aromatic hydroxyl groups is 1. The van der Waals surface area contributed by atoms with Crippen molar-refractivity contribution in [3.05, 3.63) is 63.6 Å². The lowest BCUT2D eigenvalue weighted by Gasteiger charge is -2.18. The zero-order valence-corrected chi connectivity index (χ0v) is 15.8. The molecule has 2 heterocycles. The number of hydrogen-bond acceptors (Lipinski definition) is 5. The van der Waals surface area contributed by atoms with E-state index in [2.05, 4.69) is 40.4 Å². The molecule has 1 aliphatic heterocycles. The Labute approximate surface area is 157 Å². The molecule has 1 N–H and O–H groups in total. The summed E-state index contributed by atoms with van der Waals surface area (Å²) in [4.78, 5) is 6.89. The van der Waals surface area contributed by atoms with Gasteiger partial charge < -0.3 is 9.84 Å². The molecule has 0 bridgehead atoms. The molecule has 26 heavy (non-hydrogen) atoms. The Morgan fingerprint density at radius 2 is 2.08 bits per heavy atom. The lowest BCUT2D eigenvalue weighted by Crippen LogP contribution is -2.25. The smallest absolute Gasteiger partial charge is 0.165 e. The summed E-state index contributed by atoms with van der Waals surface area (Å²) < 4.78 is 5.86. The van der Waals surface area contributed by atoms with Crippen LogP contribution < -0.4 is 4.74 Å². The van der Waals surface area contributed by atoms with Gasteiger partial charge in [-0.1, -0.05) is 24.3 Å². The lowest BCUT2D eigenvalue weighted by molar-refractivity contribution is 0.215. The van der Waals surface area contributed by atoms with Gasteiger partial charge in [0, 0.05) is 30.6 Å². The summed E-state index contributed by atoms with van der Waals surface area (Å²) in [6, 6.07) is 12.2. The predicted molar refractivity (Wildman–Crippen MR) is 105 cm³/mol. The van der Waals surface area contributed by atoms with Gasteiger partial charge in [-0.15, -0.1) is 11.3 Å². The van der Waals surface area contributed by atoms with Crippen LogP contribution in [0.4, 0.5) is 0 Å². The number of phenolic OH excluding ortho intramolecular Hbond substituents is 1. The van der Waals surface area contributed by atoms with Crippen molar-refractivity contribution in [3.8, 4) is 22.6 Å². The summed E-state index contributed by atoms with van der Waals surface area (Å²) in [5.41, 5.74) is 5.46. The van der Waals surface area contributed by atoms with E-state index in [1.807, 2.05) is 19.1 Å². The van der Waals surface area contributed by atoms with E-state index in [0.29, 0.717) is 12.4 Å². The van der Waals surface area contributed by atoms with Gasteiger partial charge in [0.1, 0.15) is 6.61 Å². The summed E-state index contributed by atoms with van der Waals surface area (Å²) in [5.74, 6) is 0.825. The summed E-state index contributed by atoms with van der Waals surface area (Å²) in [5, 5.41) is 13.7. The zero-order valence-electron chi connectivity index (χ0n) is 15.0. The molecule has 5 heteroatoms. The fraction of sp³-hybridized carbons (Fsp3) is 0.286. The van der Waals surface area contributed by atoms with Crippen LogP contribution in [0.1, 0.15) is 21.8 Å². The van der Waals surface area contributed by atoms with Gasteiger partial charge in [-0.05, 0) is 42.7 Å². The van der Waals surface area contributed by atoms with Gasteiger partial charge in [-0.2, -0.15) is 0 Å². The van der Waals surface area contributed by atoms with Gasteiger partial charge in [-0.3, -0.25) is 4.90 Å². The topological polar surface area (TPSA) is 45.6 Å². The monoisotopic (exact) mass is 366 g/mol. The number of fused-ring (bicyclic) bond motifs is 1. The van der Waals surface area contributed by atoms with Crippen molar-refractivity contribution < 1.29 is 9.84 Å². The van der Waals surface area contributed by atoms with Gasteiger partial charge in [0.05, 0.1) is 10.7 Å². The zero-order chi connectivity index (χ0) is 18.1. The highest BCUT2D eigenvalue weighted by Gasteiger charge is 2.20. The molecule has 3 aromatic rings. The first-order valence-corrected chi connectivity index (χ1v) is 9.66. The van der Waals surface area contributed by atoms with Crippen LogP contribution in [0.25, 0.3) is 11.1 Å². The van der Waals surface area contributed by atoms with E-state index in [-0.39, 0.29) is 5.75 Å². The largest absolute Gasteiger partial charge is 0.504 e. The first kappa shape index (κ1) is 17.1. The Hall–Kier alpha value is -2.37. The van der Waals surface area contributed by atoms with Crippen molar-refractivity contribution in [1.82, 2.24) is 9.88 Å². The summed E-state index contributed by atoms with van der Waals surface area (Å²) in [7, 11) is 0. The first-order valence-electron chi connectivity index (χ1n) is 8.78. The van der Waals surface area contributed by atoms with E-state index >= 15 is 0 Å². The van der Waals surface area contributed by atoms with Crippen molar-refractivity contribution in [2.24, 2.45) is 0 Å². The van der Waals surface area contributed by atoms with Gasteiger partial charge in [-0.25, -0.2) is 4.98 Å². The molecule has 0 saturated carbocycles. The molecule has 0 radical (unpaired) electrons. The SMILES string of the molecule is Cc1nc(CN2CCOc3c(O)cc(-c4ccccc4C)cc3C2)cs1. The minimum Gasteiger partial charge on any atom is -0.504 e. The number of ether oxygens (including phenoxy) is 1. The van der Waals surface area contributed by atoms with Gasteiger partial charge in [0.2, 0.25) is 0 Å². The molecule has 1 aliphatic rings. The number of thiazole rings is 1. The summed E-state index contributed by atoms with van der Waals surface area (Å²) in [6.45, 7) is 7.02. The minimum atomic E-state index is 0.215. The van der Waals surface area contributed by atoms with E-state index in [1.165, 1.54) is 5.56 Å². The maximum absolute atomic E-state index is 10.5. The molecular formula is C21H22N2O2S. The Morgan fingerprint density at radius 3 is 2.85 bits per heavy atom. The second kappa shape index (κ2) is 7.09. The number of nitrogens with zero attached hydrogens (tertiary/aromatic N) is 2. The number of aryl methyl sites for hydroxylation is 2. The van der Waals surface area contributed by atoms with Crippen LogP contribution in [0.5, 0.6) is 11.5 Å². The third-order valence-corrected chi connectivity index (χ3v) is 5.52. The molecule has 0 atom stereocenters. The molecule has 4 nitrogen and oxygen atoms in total. The molecule has 0 spiro atoms. The molecule has 0 aliphatic carbocycles. The fourth-order valence-corrected chi connectivity index (χ4v) is 4.05. The van der Waals surface area contributed by atoms with Crippen molar-refractivity contribution in [2.75, 3.05) is 13.2 Å². The van der Waals surface area contributed by atoms with E-state index in [4.69, 9.17) is 4.74 Å². The fourth-order valence-electron chi connectivity index (χ4n) is 3.45. The van der Waals surface area contributed by atoms with Crippen LogP contribution in [0.15, 0.2) is 41.8 Å². The van der Waals surface area contributed by atoms with Crippen molar-refractivity contribution in [1.29, 1.82) is 0 Å². The second-order valence-electron chi connectivity index (χ2n) is 6.72. The van der Waals surface area contributed by atoms with E-state index in [1.54, 1.807) is 17.4 Å². The molecule has 1 aromatic heterocycles. The highest BCUT2D eigenvalue weighted by molar-refractivity contribution is 7.09. The molecule has 134 valence electrons. The molecule has 4 rings (SSSR count). The Kier molecular flexibility index (Phi) is 4.66. The highest BCUT2D eigenvalue weighted by Crippen LogP contribution is 2.38. The summed E-state index contributed by atoms with van der Waals surface area (Å²) in [6.07, 6.45) is 0. The molecule has 0 unspecified atom stereocenters. The highest BCUT2D eigenvalue weighted by atomic mass is 32.1. The average Bonchev–Trinajstić information content (AvgIpc) is 2.90. The predicted octanol–water partition coefficient (Wildman–Crippen LogP) is 4.53. The number of phenols is 1. The lowest BCUT2D eigenvalue weighted by atomic mass is 9.98. The van der Waals surface area contributed by atoms with Crippen LogP contribution in [-0.2, 0) is 13.1 Å². The second-order valence-corrected chi connectivity index (χ2v) is 7.78. The van der Waals surface area contributed by atoms with E-state index in [9.17, 15) is 5.11 Å². The molecule has 0 saturated heterocycles. The molecular weight excluding hydrogens is 344 g/mol. The third-order valence-electron chi connectivity index (χ3n) is 4.70.